The van der Waals surface area contributed by atoms with E-state index in [2.05, 4.69) is 15.3 Å². The van der Waals surface area contributed by atoms with Crippen LogP contribution in [-0.4, -0.2) is 27.3 Å². The van der Waals surface area contributed by atoms with Gasteiger partial charge in [0, 0.05) is 5.02 Å². The zero-order valence-corrected chi connectivity index (χ0v) is 15.0. The molecule has 0 aliphatic carbocycles. The Hall–Kier alpha value is -2.39. The molecule has 0 N–H and O–H groups in total. The normalized spacial score (nSPS) is 11.6. The van der Waals surface area contributed by atoms with Crippen molar-refractivity contribution in [3.8, 4) is 5.75 Å². The molecular formula is C16H13ClF2N4O2S. The van der Waals surface area contributed by atoms with Gasteiger partial charge >= 0.3 is 0 Å². The van der Waals surface area contributed by atoms with Gasteiger partial charge < -0.3 is 9.15 Å². The largest absolute Gasteiger partial charge is 0.486 e. The van der Waals surface area contributed by atoms with Crippen LogP contribution in [0.2, 0.25) is 5.02 Å². The fourth-order valence-electron chi connectivity index (χ4n) is 1.99. The van der Waals surface area contributed by atoms with E-state index >= 15 is 0 Å². The van der Waals surface area contributed by atoms with Gasteiger partial charge in [0.25, 0.3) is 6.43 Å². The van der Waals surface area contributed by atoms with Crippen molar-refractivity contribution in [3.05, 3.63) is 58.8 Å². The highest BCUT2D eigenvalue weighted by atomic mass is 35.5. The molecule has 3 aromatic rings. The van der Waals surface area contributed by atoms with Crippen molar-refractivity contribution in [2.75, 3.05) is 6.26 Å². The van der Waals surface area contributed by atoms with Crippen LogP contribution in [0.5, 0.6) is 5.75 Å². The van der Waals surface area contributed by atoms with Crippen molar-refractivity contribution in [1.29, 1.82) is 0 Å². The molecule has 0 fully saturated rings. The first-order chi connectivity index (χ1) is 12.6. The van der Waals surface area contributed by atoms with Crippen molar-refractivity contribution >= 4 is 29.6 Å². The van der Waals surface area contributed by atoms with Crippen LogP contribution in [0.25, 0.3) is 0 Å². The maximum absolute atomic E-state index is 12.9. The molecule has 0 amide bonds. The molecule has 136 valence electrons. The predicted octanol–water partition coefficient (Wildman–Crippen LogP) is 4.65. The SMILES string of the molecule is CSc1nnc(C(F)F)n1N=Cc1ccc(COc2ccc(Cl)cc2)o1. The molecule has 0 aliphatic rings. The molecule has 26 heavy (non-hydrogen) atoms. The Kier molecular flexibility index (Phi) is 5.89. The van der Waals surface area contributed by atoms with Crippen LogP contribution in [0.4, 0.5) is 8.78 Å². The number of nitrogens with zero attached hydrogens (tertiary/aromatic N) is 4. The fraction of sp³-hybridized carbons (Fsp3) is 0.188. The van der Waals surface area contributed by atoms with Gasteiger partial charge in [-0.2, -0.15) is 9.78 Å². The topological polar surface area (TPSA) is 65.4 Å². The standard InChI is InChI=1S/C16H13ClF2N4O2S/c1-26-16-22-21-15(14(18)19)23(16)20-8-12-6-7-13(25-12)9-24-11-4-2-10(17)3-5-11/h2-8,14H,9H2,1H3. The Balaban J connectivity index is 1.67. The van der Waals surface area contributed by atoms with Crippen molar-refractivity contribution < 1.29 is 17.9 Å². The van der Waals surface area contributed by atoms with Gasteiger partial charge in [-0.1, -0.05) is 23.4 Å². The van der Waals surface area contributed by atoms with Gasteiger partial charge in [-0.15, -0.1) is 10.2 Å². The number of hydrogen-bond donors (Lipinski definition) is 0. The average molecular weight is 399 g/mol. The number of benzene rings is 1. The van der Waals surface area contributed by atoms with Crippen LogP contribution < -0.4 is 4.74 Å². The van der Waals surface area contributed by atoms with E-state index in [0.29, 0.717) is 22.3 Å². The van der Waals surface area contributed by atoms with Crippen LogP contribution in [0.15, 0.2) is 51.1 Å². The molecule has 0 radical (unpaired) electrons. The number of hydrogen-bond acceptors (Lipinski definition) is 6. The summed E-state index contributed by atoms with van der Waals surface area (Å²) < 4.78 is 38.0. The summed E-state index contributed by atoms with van der Waals surface area (Å²) in [4.78, 5) is 0. The Labute approximate surface area is 156 Å². The fourth-order valence-corrected chi connectivity index (χ4v) is 2.55. The molecule has 2 aromatic heterocycles. The summed E-state index contributed by atoms with van der Waals surface area (Å²) in [5.41, 5.74) is 0. The summed E-state index contributed by atoms with van der Waals surface area (Å²) in [6.45, 7) is 0.209. The summed E-state index contributed by atoms with van der Waals surface area (Å²) in [6, 6.07) is 10.3. The maximum Gasteiger partial charge on any atom is 0.299 e. The van der Waals surface area contributed by atoms with Crippen LogP contribution in [0, 0.1) is 0 Å². The summed E-state index contributed by atoms with van der Waals surface area (Å²) in [7, 11) is 0. The minimum Gasteiger partial charge on any atom is -0.486 e. The molecule has 0 saturated heterocycles. The number of rotatable bonds is 7. The van der Waals surface area contributed by atoms with E-state index in [4.69, 9.17) is 20.8 Å². The lowest BCUT2D eigenvalue weighted by Gasteiger charge is -2.03. The van der Waals surface area contributed by atoms with E-state index in [-0.39, 0.29) is 11.8 Å². The third-order valence-corrected chi connectivity index (χ3v) is 4.06. The van der Waals surface area contributed by atoms with Crippen molar-refractivity contribution in [2.45, 2.75) is 18.2 Å². The first kappa shape index (κ1) is 18.4. The second-order valence-electron chi connectivity index (χ2n) is 4.95. The molecule has 0 spiro atoms. The quantitative estimate of drug-likeness (QED) is 0.428. The lowest BCUT2D eigenvalue weighted by Crippen LogP contribution is -2.00. The Morgan fingerprint density at radius 3 is 2.73 bits per heavy atom. The van der Waals surface area contributed by atoms with Crippen LogP contribution in [0.1, 0.15) is 23.8 Å². The third-order valence-electron chi connectivity index (χ3n) is 3.19. The summed E-state index contributed by atoms with van der Waals surface area (Å²) in [5, 5.41) is 12.0. The first-order valence-corrected chi connectivity index (χ1v) is 8.96. The molecule has 0 bridgehead atoms. The number of ether oxygens (including phenoxy) is 1. The van der Waals surface area contributed by atoms with E-state index in [1.165, 1.54) is 6.21 Å². The van der Waals surface area contributed by atoms with Crippen LogP contribution in [0.3, 0.4) is 0 Å². The molecule has 0 aliphatic heterocycles. The van der Waals surface area contributed by atoms with E-state index < -0.39 is 12.2 Å². The van der Waals surface area contributed by atoms with Crippen LogP contribution in [-0.2, 0) is 6.61 Å². The van der Waals surface area contributed by atoms with Gasteiger partial charge in [-0.25, -0.2) is 8.78 Å². The lowest BCUT2D eigenvalue weighted by atomic mass is 10.3. The number of alkyl halides is 2. The highest BCUT2D eigenvalue weighted by molar-refractivity contribution is 7.98. The van der Waals surface area contributed by atoms with Gasteiger partial charge in [-0.05, 0) is 42.7 Å². The number of halogens is 3. The molecule has 1 aromatic carbocycles. The third kappa shape index (κ3) is 4.41. The average Bonchev–Trinajstić information content (AvgIpc) is 3.25. The molecule has 0 saturated carbocycles. The molecule has 0 atom stereocenters. The Morgan fingerprint density at radius 1 is 1.27 bits per heavy atom. The molecule has 6 nitrogen and oxygen atoms in total. The first-order valence-electron chi connectivity index (χ1n) is 7.35. The highest BCUT2D eigenvalue weighted by Gasteiger charge is 2.19. The van der Waals surface area contributed by atoms with E-state index in [9.17, 15) is 8.78 Å². The van der Waals surface area contributed by atoms with Gasteiger partial charge in [0.15, 0.2) is 0 Å². The maximum atomic E-state index is 12.9. The van der Waals surface area contributed by atoms with Crippen LogP contribution >= 0.6 is 23.4 Å². The second-order valence-corrected chi connectivity index (χ2v) is 6.16. The molecule has 10 heteroatoms. The monoisotopic (exact) mass is 398 g/mol. The molecule has 2 heterocycles. The number of aromatic nitrogens is 3. The Morgan fingerprint density at radius 2 is 2.04 bits per heavy atom. The minimum absolute atomic E-state index is 0.209. The number of furan rings is 1. The van der Waals surface area contributed by atoms with Crippen molar-refractivity contribution in [1.82, 2.24) is 14.9 Å². The summed E-state index contributed by atoms with van der Waals surface area (Å²) in [6.07, 6.45) is 0.242. The zero-order valence-electron chi connectivity index (χ0n) is 13.5. The van der Waals surface area contributed by atoms with E-state index in [0.717, 1.165) is 16.4 Å². The number of thioether (sulfide) groups is 1. The van der Waals surface area contributed by atoms with Gasteiger partial charge in [0.2, 0.25) is 11.0 Å². The second kappa shape index (κ2) is 8.33. The summed E-state index contributed by atoms with van der Waals surface area (Å²) >= 11 is 6.98. The minimum atomic E-state index is -2.78. The van der Waals surface area contributed by atoms with Crippen molar-refractivity contribution in [2.24, 2.45) is 5.10 Å². The molecular weight excluding hydrogens is 386 g/mol. The zero-order chi connectivity index (χ0) is 18.5. The Bertz CT molecular complexity index is 896. The van der Waals surface area contributed by atoms with Gasteiger partial charge in [0.05, 0.1) is 6.21 Å². The smallest absolute Gasteiger partial charge is 0.299 e. The van der Waals surface area contributed by atoms with Crippen molar-refractivity contribution in [3.63, 3.8) is 0 Å². The predicted molar refractivity (Wildman–Crippen MR) is 94.2 cm³/mol. The highest BCUT2D eigenvalue weighted by Crippen LogP contribution is 2.22. The van der Waals surface area contributed by atoms with E-state index in [1.807, 2.05) is 0 Å². The van der Waals surface area contributed by atoms with Gasteiger partial charge in [0.1, 0.15) is 23.9 Å². The lowest BCUT2D eigenvalue weighted by molar-refractivity contribution is 0.135. The molecule has 3 rings (SSSR count). The molecule has 0 unspecified atom stereocenters. The summed E-state index contributed by atoms with van der Waals surface area (Å²) in [5.74, 6) is 1.07. The van der Waals surface area contributed by atoms with E-state index in [1.54, 1.807) is 42.7 Å². The van der Waals surface area contributed by atoms with Gasteiger partial charge in [-0.3, -0.25) is 0 Å².